The Morgan fingerprint density at radius 1 is 1.08 bits per heavy atom. The second kappa shape index (κ2) is 6.00. The maximum Gasteiger partial charge on any atom is 0.420 e. The van der Waals surface area contributed by atoms with Gasteiger partial charge in [0.05, 0.1) is 5.52 Å². The van der Waals surface area contributed by atoms with E-state index in [-0.39, 0.29) is 17.9 Å². The Morgan fingerprint density at radius 2 is 1.75 bits per heavy atom. The van der Waals surface area contributed by atoms with Crippen LogP contribution in [0.25, 0.3) is 11.1 Å². The van der Waals surface area contributed by atoms with Crippen LogP contribution in [0.15, 0.2) is 57.7 Å². The van der Waals surface area contributed by atoms with E-state index in [0.29, 0.717) is 11.1 Å². The minimum atomic E-state index is -0.532. The number of nitrogens with zero attached hydrogens (tertiary/aromatic N) is 1. The molecule has 0 bridgehead atoms. The predicted octanol–water partition coefficient (Wildman–Crippen LogP) is 3.53. The maximum atomic E-state index is 12.4. The first-order valence-corrected chi connectivity index (χ1v) is 7.84. The standard InChI is InChI=1S/C19H20N2O3/c1-19(2,3)13-8-4-5-9-14(13)20-17(22)12-21-15-10-6-7-11-16(15)24-18(21)23/h4-11H,12H2,1-3H3,(H,20,22). The number of hydrogen-bond donors (Lipinski definition) is 1. The smallest absolute Gasteiger partial charge is 0.408 e. The molecule has 24 heavy (non-hydrogen) atoms. The van der Waals surface area contributed by atoms with Crippen LogP contribution >= 0.6 is 0 Å². The maximum absolute atomic E-state index is 12.4. The molecule has 0 aliphatic rings. The third-order valence-electron chi connectivity index (χ3n) is 3.88. The number of aromatic nitrogens is 1. The Kier molecular flexibility index (Phi) is 4.01. The summed E-state index contributed by atoms with van der Waals surface area (Å²) < 4.78 is 6.49. The number of hydrogen-bond acceptors (Lipinski definition) is 3. The van der Waals surface area contributed by atoms with Crippen molar-refractivity contribution in [1.29, 1.82) is 0 Å². The molecule has 0 aliphatic carbocycles. The Morgan fingerprint density at radius 3 is 2.50 bits per heavy atom. The van der Waals surface area contributed by atoms with E-state index in [9.17, 15) is 9.59 Å². The van der Waals surface area contributed by atoms with Crippen LogP contribution in [0.3, 0.4) is 0 Å². The van der Waals surface area contributed by atoms with Crippen LogP contribution in [0.5, 0.6) is 0 Å². The molecule has 2 aromatic carbocycles. The topological polar surface area (TPSA) is 64.2 Å². The van der Waals surface area contributed by atoms with Gasteiger partial charge in [-0.15, -0.1) is 0 Å². The van der Waals surface area contributed by atoms with Crippen molar-refractivity contribution >= 4 is 22.7 Å². The molecule has 1 aromatic heterocycles. The van der Waals surface area contributed by atoms with E-state index in [4.69, 9.17) is 4.42 Å². The lowest BCUT2D eigenvalue weighted by atomic mass is 9.86. The number of fused-ring (bicyclic) bond motifs is 1. The summed E-state index contributed by atoms with van der Waals surface area (Å²) in [7, 11) is 0. The van der Waals surface area contributed by atoms with Crippen molar-refractivity contribution in [3.8, 4) is 0 Å². The van der Waals surface area contributed by atoms with Crippen molar-refractivity contribution in [3.05, 3.63) is 64.6 Å². The number of rotatable bonds is 3. The molecule has 1 N–H and O–H groups in total. The van der Waals surface area contributed by atoms with E-state index >= 15 is 0 Å². The SMILES string of the molecule is CC(C)(C)c1ccccc1NC(=O)Cn1c(=O)oc2ccccc21. The molecule has 5 heteroatoms. The van der Waals surface area contributed by atoms with Gasteiger partial charge in [0.25, 0.3) is 0 Å². The highest BCUT2D eigenvalue weighted by molar-refractivity contribution is 5.92. The molecule has 0 aliphatic heterocycles. The normalized spacial score (nSPS) is 11.6. The van der Waals surface area contributed by atoms with E-state index in [1.807, 2.05) is 24.3 Å². The second-order valence-corrected chi connectivity index (χ2v) is 6.77. The van der Waals surface area contributed by atoms with Crippen molar-refractivity contribution in [3.63, 3.8) is 0 Å². The minimum absolute atomic E-state index is 0.0890. The highest BCUT2D eigenvalue weighted by Gasteiger charge is 2.19. The van der Waals surface area contributed by atoms with Crippen molar-refractivity contribution < 1.29 is 9.21 Å². The summed E-state index contributed by atoms with van der Waals surface area (Å²) in [5.41, 5.74) is 2.80. The summed E-state index contributed by atoms with van der Waals surface area (Å²) in [6.45, 7) is 6.18. The van der Waals surface area contributed by atoms with E-state index in [1.54, 1.807) is 24.3 Å². The summed E-state index contributed by atoms with van der Waals surface area (Å²) in [5, 5.41) is 2.91. The number of amides is 1. The van der Waals surface area contributed by atoms with Gasteiger partial charge in [-0.05, 0) is 29.2 Å². The van der Waals surface area contributed by atoms with Crippen LogP contribution < -0.4 is 11.1 Å². The van der Waals surface area contributed by atoms with Crippen LogP contribution in [0.4, 0.5) is 5.69 Å². The number of oxazole rings is 1. The zero-order valence-electron chi connectivity index (χ0n) is 14.0. The Bertz CT molecular complexity index is 945. The lowest BCUT2D eigenvalue weighted by molar-refractivity contribution is -0.116. The summed E-state index contributed by atoms with van der Waals surface area (Å²) >= 11 is 0. The highest BCUT2D eigenvalue weighted by Crippen LogP contribution is 2.29. The number of benzene rings is 2. The van der Waals surface area contributed by atoms with Crippen LogP contribution in [0.2, 0.25) is 0 Å². The number of carbonyl (C=O) groups excluding carboxylic acids is 1. The van der Waals surface area contributed by atoms with Gasteiger partial charge in [-0.3, -0.25) is 9.36 Å². The third kappa shape index (κ3) is 3.11. The fourth-order valence-corrected chi connectivity index (χ4v) is 2.74. The molecule has 5 nitrogen and oxygen atoms in total. The van der Waals surface area contributed by atoms with E-state index in [0.717, 1.165) is 11.3 Å². The summed E-state index contributed by atoms with van der Waals surface area (Å²) in [6.07, 6.45) is 0. The number of carbonyl (C=O) groups is 1. The molecule has 3 aromatic rings. The molecule has 0 saturated heterocycles. The van der Waals surface area contributed by atoms with Gasteiger partial charge in [0.1, 0.15) is 6.54 Å². The first-order chi connectivity index (χ1) is 11.4. The molecule has 0 atom stereocenters. The molecule has 0 spiro atoms. The molecular formula is C19H20N2O3. The number of anilines is 1. The second-order valence-electron chi connectivity index (χ2n) is 6.77. The van der Waals surface area contributed by atoms with Crippen LogP contribution in [-0.2, 0) is 16.8 Å². The lowest BCUT2D eigenvalue weighted by Gasteiger charge is -2.23. The van der Waals surface area contributed by atoms with Gasteiger partial charge in [-0.25, -0.2) is 4.79 Å². The van der Waals surface area contributed by atoms with Gasteiger partial charge in [-0.1, -0.05) is 51.1 Å². The van der Waals surface area contributed by atoms with Crippen molar-refractivity contribution in [2.24, 2.45) is 0 Å². The van der Waals surface area contributed by atoms with Crippen LogP contribution in [-0.4, -0.2) is 10.5 Å². The molecule has 3 rings (SSSR count). The monoisotopic (exact) mass is 324 g/mol. The molecular weight excluding hydrogens is 304 g/mol. The van der Waals surface area contributed by atoms with Gasteiger partial charge >= 0.3 is 5.76 Å². The van der Waals surface area contributed by atoms with Crippen LogP contribution in [0, 0.1) is 0 Å². The van der Waals surface area contributed by atoms with Gasteiger partial charge < -0.3 is 9.73 Å². The molecule has 1 amide bonds. The third-order valence-corrected chi connectivity index (χ3v) is 3.88. The fraction of sp³-hybridized carbons (Fsp3) is 0.263. The quantitative estimate of drug-likeness (QED) is 0.801. The van der Waals surface area contributed by atoms with Gasteiger partial charge in [0.15, 0.2) is 5.58 Å². The summed E-state index contributed by atoms with van der Waals surface area (Å²) in [4.78, 5) is 24.4. The van der Waals surface area contributed by atoms with E-state index < -0.39 is 5.76 Å². The zero-order valence-corrected chi connectivity index (χ0v) is 14.0. The molecule has 0 saturated carbocycles. The highest BCUT2D eigenvalue weighted by atomic mass is 16.4. The molecule has 0 unspecified atom stereocenters. The van der Waals surface area contributed by atoms with Crippen molar-refractivity contribution in [1.82, 2.24) is 4.57 Å². The average Bonchev–Trinajstić information content (AvgIpc) is 2.83. The zero-order chi connectivity index (χ0) is 17.3. The van der Waals surface area contributed by atoms with Gasteiger partial charge in [0, 0.05) is 5.69 Å². The first-order valence-electron chi connectivity index (χ1n) is 7.84. The fourth-order valence-electron chi connectivity index (χ4n) is 2.74. The molecule has 0 fully saturated rings. The largest absolute Gasteiger partial charge is 0.420 e. The van der Waals surface area contributed by atoms with Crippen molar-refractivity contribution in [2.45, 2.75) is 32.7 Å². The van der Waals surface area contributed by atoms with Crippen LogP contribution in [0.1, 0.15) is 26.3 Å². The Hall–Kier alpha value is -2.82. The minimum Gasteiger partial charge on any atom is -0.408 e. The summed E-state index contributed by atoms with van der Waals surface area (Å²) in [6, 6.07) is 14.8. The average molecular weight is 324 g/mol. The first kappa shape index (κ1) is 16.1. The van der Waals surface area contributed by atoms with E-state index in [2.05, 4.69) is 26.1 Å². The lowest BCUT2D eigenvalue weighted by Crippen LogP contribution is -2.26. The Balaban J connectivity index is 1.87. The van der Waals surface area contributed by atoms with Crippen molar-refractivity contribution in [2.75, 3.05) is 5.32 Å². The number of nitrogens with one attached hydrogen (secondary N) is 1. The Labute approximate surface area is 139 Å². The van der Waals surface area contributed by atoms with E-state index in [1.165, 1.54) is 4.57 Å². The van der Waals surface area contributed by atoms with Gasteiger partial charge in [0.2, 0.25) is 5.91 Å². The molecule has 1 heterocycles. The number of para-hydroxylation sites is 3. The van der Waals surface area contributed by atoms with Gasteiger partial charge in [-0.2, -0.15) is 0 Å². The summed E-state index contributed by atoms with van der Waals surface area (Å²) in [5.74, 6) is -0.796. The molecule has 0 radical (unpaired) electrons. The predicted molar refractivity (Wildman–Crippen MR) is 94.2 cm³/mol. The molecule has 124 valence electrons.